The summed E-state index contributed by atoms with van der Waals surface area (Å²) in [5.74, 6) is 0.271. The van der Waals surface area contributed by atoms with Crippen molar-refractivity contribution in [3.05, 3.63) is 71.3 Å². The van der Waals surface area contributed by atoms with E-state index in [4.69, 9.17) is 4.98 Å². The van der Waals surface area contributed by atoms with Crippen LogP contribution in [0.4, 0.5) is 10.1 Å². The second-order valence-corrected chi connectivity index (χ2v) is 7.02. The van der Waals surface area contributed by atoms with Gasteiger partial charge in [-0.1, -0.05) is 36.2 Å². The van der Waals surface area contributed by atoms with E-state index >= 15 is 0 Å². The summed E-state index contributed by atoms with van der Waals surface area (Å²) in [6, 6.07) is 14.0. The Morgan fingerprint density at radius 2 is 1.78 bits per heavy atom. The summed E-state index contributed by atoms with van der Waals surface area (Å²) < 4.78 is 15.3. The normalized spacial score (nSPS) is 13.7. The number of carbonyl (C=O) groups is 1. The van der Waals surface area contributed by atoms with Crippen LogP contribution in [0.3, 0.4) is 0 Å². The molecule has 138 valence electrons. The number of benzene rings is 2. The molecule has 0 aliphatic carbocycles. The van der Waals surface area contributed by atoms with Gasteiger partial charge >= 0.3 is 0 Å². The van der Waals surface area contributed by atoms with Gasteiger partial charge in [-0.05, 0) is 50.5 Å². The Kier molecular flexibility index (Phi) is 4.75. The number of hydrogen-bond acceptors (Lipinski definition) is 2. The van der Waals surface area contributed by atoms with Crippen LogP contribution in [0, 0.1) is 12.7 Å². The van der Waals surface area contributed by atoms with Crippen LogP contribution in [-0.2, 0) is 13.0 Å². The van der Waals surface area contributed by atoms with Crippen molar-refractivity contribution < 1.29 is 9.18 Å². The summed E-state index contributed by atoms with van der Waals surface area (Å²) in [4.78, 5) is 17.6. The fourth-order valence-electron chi connectivity index (χ4n) is 3.55. The highest BCUT2D eigenvalue weighted by Gasteiger charge is 2.24. The molecule has 1 N–H and O–H groups in total. The molecule has 1 amide bonds. The highest BCUT2D eigenvalue weighted by atomic mass is 19.1. The number of anilines is 1. The molecule has 2 heterocycles. The molecule has 1 aliphatic rings. The van der Waals surface area contributed by atoms with Crippen LogP contribution in [0.15, 0.2) is 48.5 Å². The van der Waals surface area contributed by atoms with Crippen LogP contribution in [0.1, 0.15) is 41.0 Å². The number of nitrogens with one attached hydrogen (secondary N) is 1. The average molecular weight is 363 g/mol. The third kappa shape index (κ3) is 3.63. The first-order chi connectivity index (χ1) is 13.1. The summed E-state index contributed by atoms with van der Waals surface area (Å²) in [6.07, 6.45) is 4.12. The number of hydrogen-bond donors (Lipinski definition) is 1. The van der Waals surface area contributed by atoms with E-state index < -0.39 is 0 Å². The van der Waals surface area contributed by atoms with Crippen molar-refractivity contribution >= 4 is 11.6 Å². The summed E-state index contributed by atoms with van der Waals surface area (Å²) in [7, 11) is 0. The van der Waals surface area contributed by atoms with Gasteiger partial charge in [0.15, 0.2) is 0 Å². The first kappa shape index (κ1) is 17.5. The van der Waals surface area contributed by atoms with Gasteiger partial charge in [-0.2, -0.15) is 0 Å². The zero-order chi connectivity index (χ0) is 18.8. The minimum atomic E-state index is -0.328. The van der Waals surface area contributed by atoms with Gasteiger partial charge in [0.25, 0.3) is 5.91 Å². The van der Waals surface area contributed by atoms with Crippen molar-refractivity contribution in [1.82, 2.24) is 9.55 Å². The third-order valence-corrected chi connectivity index (χ3v) is 4.99. The Hall–Kier alpha value is -2.95. The molecule has 1 aromatic heterocycles. The van der Waals surface area contributed by atoms with Gasteiger partial charge < -0.3 is 9.88 Å². The maximum absolute atomic E-state index is 13.1. The molecule has 4 nitrogen and oxygen atoms in total. The molecule has 0 saturated carbocycles. The highest BCUT2D eigenvalue weighted by Crippen LogP contribution is 2.28. The van der Waals surface area contributed by atoms with Crippen LogP contribution >= 0.6 is 0 Å². The molecule has 3 aromatic rings. The summed E-state index contributed by atoms with van der Waals surface area (Å²) in [5.41, 5.74) is 4.23. The van der Waals surface area contributed by atoms with Crippen molar-refractivity contribution in [1.29, 1.82) is 0 Å². The molecule has 0 saturated heterocycles. The molecule has 0 fully saturated rings. The van der Waals surface area contributed by atoms with E-state index in [1.54, 1.807) is 12.1 Å². The highest BCUT2D eigenvalue weighted by molar-refractivity contribution is 6.04. The van der Waals surface area contributed by atoms with Crippen molar-refractivity contribution in [2.45, 2.75) is 39.2 Å². The van der Waals surface area contributed by atoms with Gasteiger partial charge in [0.1, 0.15) is 17.3 Å². The Bertz CT molecular complexity index is 958. The molecule has 0 radical (unpaired) electrons. The van der Waals surface area contributed by atoms with Gasteiger partial charge in [-0.3, -0.25) is 4.79 Å². The van der Waals surface area contributed by atoms with Gasteiger partial charge in [0.05, 0.1) is 5.69 Å². The molecule has 4 rings (SSSR count). The SMILES string of the molecule is Cc1ccc(-c2nc(C(=O)Nc3ccc(F)cc3)c3n2CCCCC3)cc1. The van der Waals surface area contributed by atoms with Crippen molar-refractivity contribution in [3.8, 4) is 11.4 Å². The zero-order valence-corrected chi connectivity index (χ0v) is 15.3. The molecule has 2 aromatic carbocycles. The van der Waals surface area contributed by atoms with Crippen LogP contribution in [0.25, 0.3) is 11.4 Å². The number of rotatable bonds is 3. The van der Waals surface area contributed by atoms with Crippen LogP contribution in [0.2, 0.25) is 0 Å². The first-order valence-electron chi connectivity index (χ1n) is 9.35. The molecule has 0 atom stereocenters. The summed E-state index contributed by atoms with van der Waals surface area (Å²) in [6.45, 7) is 2.92. The van der Waals surface area contributed by atoms with E-state index in [1.165, 1.54) is 17.7 Å². The van der Waals surface area contributed by atoms with E-state index in [0.717, 1.165) is 49.3 Å². The standard InChI is InChI=1S/C22H22FN3O/c1-15-6-8-16(9-7-15)21-25-20(19-5-3-2-4-14-26(19)21)22(27)24-18-12-10-17(23)11-13-18/h6-13H,2-5,14H2,1H3,(H,24,27). The van der Waals surface area contributed by atoms with E-state index in [0.29, 0.717) is 11.4 Å². The number of aryl methyl sites for hydroxylation is 1. The maximum atomic E-state index is 13.1. The number of aromatic nitrogens is 2. The number of halogens is 1. The van der Waals surface area contributed by atoms with Crippen molar-refractivity contribution in [2.75, 3.05) is 5.32 Å². The molecule has 1 aliphatic heterocycles. The molecule has 0 unspecified atom stereocenters. The van der Waals surface area contributed by atoms with E-state index in [-0.39, 0.29) is 11.7 Å². The van der Waals surface area contributed by atoms with Gasteiger partial charge in [0.2, 0.25) is 0 Å². The lowest BCUT2D eigenvalue weighted by molar-refractivity contribution is 0.102. The van der Waals surface area contributed by atoms with Crippen molar-refractivity contribution in [3.63, 3.8) is 0 Å². The number of fused-ring (bicyclic) bond motifs is 1. The number of carbonyl (C=O) groups excluding carboxylic acids is 1. The average Bonchev–Trinajstić information content (AvgIpc) is 2.86. The second kappa shape index (κ2) is 7.35. The fourth-order valence-corrected chi connectivity index (χ4v) is 3.55. The summed E-state index contributed by atoms with van der Waals surface area (Å²) >= 11 is 0. The van der Waals surface area contributed by atoms with Crippen LogP contribution in [0.5, 0.6) is 0 Å². The Morgan fingerprint density at radius 3 is 2.52 bits per heavy atom. The number of nitrogens with zero attached hydrogens (tertiary/aromatic N) is 2. The predicted molar refractivity (Wildman–Crippen MR) is 104 cm³/mol. The molecule has 27 heavy (non-hydrogen) atoms. The minimum absolute atomic E-state index is 0.245. The first-order valence-corrected chi connectivity index (χ1v) is 9.35. The van der Waals surface area contributed by atoms with Crippen LogP contribution < -0.4 is 5.32 Å². The lowest BCUT2D eigenvalue weighted by Gasteiger charge is -2.09. The largest absolute Gasteiger partial charge is 0.327 e. The minimum Gasteiger partial charge on any atom is -0.327 e. The molecule has 5 heteroatoms. The molecular formula is C22H22FN3O. The van der Waals surface area contributed by atoms with Gasteiger partial charge in [-0.15, -0.1) is 0 Å². The predicted octanol–water partition coefficient (Wildman–Crippen LogP) is 4.98. The lowest BCUT2D eigenvalue weighted by atomic mass is 10.1. The summed E-state index contributed by atoms with van der Waals surface area (Å²) in [5, 5.41) is 2.85. The van der Waals surface area contributed by atoms with Crippen molar-refractivity contribution in [2.24, 2.45) is 0 Å². The smallest absolute Gasteiger partial charge is 0.276 e. The van der Waals surface area contributed by atoms with E-state index in [9.17, 15) is 9.18 Å². The molecule has 0 spiro atoms. The zero-order valence-electron chi connectivity index (χ0n) is 15.3. The lowest BCUT2D eigenvalue weighted by Crippen LogP contribution is -2.15. The van der Waals surface area contributed by atoms with E-state index in [2.05, 4.69) is 41.1 Å². The Balaban J connectivity index is 1.72. The Labute approximate surface area is 158 Å². The number of amides is 1. The van der Waals surface area contributed by atoms with Gasteiger partial charge in [0, 0.05) is 17.8 Å². The van der Waals surface area contributed by atoms with Gasteiger partial charge in [-0.25, -0.2) is 9.37 Å². The van der Waals surface area contributed by atoms with Crippen LogP contribution in [-0.4, -0.2) is 15.5 Å². The monoisotopic (exact) mass is 363 g/mol. The Morgan fingerprint density at radius 1 is 1.04 bits per heavy atom. The molecular weight excluding hydrogens is 341 g/mol. The maximum Gasteiger partial charge on any atom is 0.276 e. The topological polar surface area (TPSA) is 46.9 Å². The third-order valence-electron chi connectivity index (χ3n) is 4.99. The number of imidazole rings is 1. The quantitative estimate of drug-likeness (QED) is 0.714. The second-order valence-electron chi connectivity index (χ2n) is 7.02. The molecule has 0 bridgehead atoms. The van der Waals surface area contributed by atoms with E-state index in [1.807, 2.05) is 0 Å². The fraction of sp³-hybridized carbons (Fsp3) is 0.273.